The van der Waals surface area contributed by atoms with Gasteiger partial charge in [-0.05, 0) is 60.2 Å². The average Bonchev–Trinajstić information content (AvgIpc) is 3.84. The van der Waals surface area contributed by atoms with Gasteiger partial charge in [-0.25, -0.2) is 18.0 Å². The van der Waals surface area contributed by atoms with Gasteiger partial charge in [0.2, 0.25) is 10.0 Å². The molecule has 286 valence electrons. The number of ether oxygens (including phenoxy) is 5. The molecule has 2 aromatic carbocycles. The molecule has 0 unspecified atom stereocenters. The standard InChI is InChI=1S/C35H37Cl2F2N3O9S2/c36-27-19-40-20-28(37)26(27)18-30(23-6-7-29(51-35(38)39)31(17-23)49-21-22-4-5-22)50-34(44)32-42(11-15-52-32)53(45,46)25-3-1-2-24(16-25)33(43)48-14-10-41-8-12-47-13-9-41/h1-3,6-7,16-17,19-20,22,30,32,35H,4-5,8-15,18,21H2/t30-,32-/m0/s1. The molecule has 0 spiro atoms. The van der Waals surface area contributed by atoms with E-state index in [9.17, 15) is 26.8 Å². The minimum Gasteiger partial charge on any atom is -0.489 e. The second kappa shape index (κ2) is 17.9. The molecule has 12 nitrogen and oxygen atoms in total. The Bertz CT molecular complexity index is 1860. The van der Waals surface area contributed by atoms with E-state index < -0.39 is 40.1 Å². The molecule has 3 heterocycles. The van der Waals surface area contributed by atoms with Gasteiger partial charge in [0, 0.05) is 50.7 Å². The molecule has 1 saturated carbocycles. The van der Waals surface area contributed by atoms with Crippen molar-refractivity contribution in [2.45, 2.75) is 42.2 Å². The van der Waals surface area contributed by atoms with Gasteiger partial charge in [0.15, 0.2) is 16.9 Å². The number of pyridine rings is 1. The summed E-state index contributed by atoms with van der Waals surface area (Å²) in [7, 11) is -4.31. The molecule has 2 aliphatic heterocycles. The highest BCUT2D eigenvalue weighted by Gasteiger charge is 2.42. The molecule has 0 amide bonds. The minimum absolute atomic E-state index is 0.00745. The van der Waals surface area contributed by atoms with Crippen molar-refractivity contribution in [3.63, 3.8) is 0 Å². The van der Waals surface area contributed by atoms with E-state index in [1.807, 2.05) is 0 Å². The Balaban J connectivity index is 1.21. The Morgan fingerprint density at radius 1 is 1.02 bits per heavy atom. The zero-order valence-electron chi connectivity index (χ0n) is 28.3. The minimum atomic E-state index is -4.31. The topological polar surface area (TPSA) is 134 Å². The average molecular weight is 817 g/mol. The highest BCUT2D eigenvalue weighted by atomic mass is 35.5. The smallest absolute Gasteiger partial charge is 0.387 e. The van der Waals surface area contributed by atoms with Crippen LogP contribution >= 0.6 is 35.0 Å². The first-order valence-corrected chi connectivity index (χ1v) is 20.1. The molecule has 1 aliphatic carbocycles. The Kier molecular flexibility index (Phi) is 13.3. The maximum absolute atomic E-state index is 14.0. The molecule has 0 N–H and O–H groups in total. The van der Waals surface area contributed by atoms with E-state index in [0.717, 1.165) is 42.0 Å². The molecule has 2 saturated heterocycles. The zero-order valence-corrected chi connectivity index (χ0v) is 31.5. The van der Waals surface area contributed by atoms with Crippen LogP contribution in [0.4, 0.5) is 8.78 Å². The number of hydrogen-bond donors (Lipinski definition) is 0. The van der Waals surface area contributed by atoms with Gasteiger partial charge in [0.25, 0.3) is 0 Å². The molecular formula is C35H37Cl2F2N3O9S2. The molecule has 3 aliphatic rings. The highest BCUT2D eigenvalue weighted by molar-refractivity contribution is 8.02. The second-order valence-electron chi connectivity index (χ2n) is 12.5. The van der Waals surface area contributed by atoms with Gasteiger partial charge in [0.05, 0.1) is 40.3 Å². The molecule has 3 fully saturated rings. The van der Waals surface area contributed by atoms with Gasteiger partial charge in [-0.15, -0.1) is 11.8 Å². The van der Waals surface area contributed by atoms with Crippen molar-refractivity contribution in [1.82, 2.24) is 14.2 Å². The first kappa shape index (κ1) is 39.4. The number of halogens is 4. The molecule has 3 aromatic rings. The predicted octanol–water partition coefficient (Wildman–Crippen LogP) is 5.86. The van der Waals surface area contributed by atoms with E-state index in [1.165, 1.54) is 54.9 Å². The van der Waals surface area contributed by atoms with Crippen LogP contribution in [0, 0.1) is 5.92 Å². The number of carbonyl (C=O) groups excluding carboxylic acids is 2. The van der Waals surface area contributed by atoms with Crippen molar-refractivity contribution in [2.75, 3.05) is 58.4 Å². The normalized spacial score (nSPS) is 18.8. The number of sulfonamides is 1. The highest BCUT2D eigenvalue weighted by Crippen LogP contribution is 2.39. The molecule has 18 heteroatoms. The molecule has 2 atom stereocenters. The van der Waals surface area contributed by atoms with Crippen LogP contribution < -0.4 is 9.47 Å². The fourth-order valence-corrected chi connectivity index (χ4v) is 9.36. The summed E-state index contributed by atoms with van der Waals surface area (Å²) < 4.78 is 82.8. The monoisotopic (exact) mass is 815 g/mol. The predicted molar refractivity (Wildman–Crippen MR) is 192 cm³/mol. The molecule has 53 heavy (non-hydrogen) atoms. The van der Waals surface area contributed by atoms with E-state index in [4.69, 9.17) is 42.1 Å². The van der Waals surface area contributed by atoms with Crippen LogP contribution in [0.25, 0.3) is 0 Å². The van der Waals surface area contributed by atoms with E-state index in [2.05, 4.69) is 14.6 Å². The third-order valence-electron chi connectivity index (χ3n) is 8.80. The fraction of sp³-hybridized carbons (Fsp3) is 0.457. The van der Waals surface area contributed by atoms with Crippen molar-refractivity contribution in [1.29, 1.82) is 0 Å². The van der Waals surface area contributed by atoms with Gasteiger partial charge in [-0.1, -0.05) is 35.3 Å². The summed E-state index contributed by atoms with van der Waals surface area (Å²) in [6.45, 7) is 0.485. The third-order valence-corrected chi connectivity index (χ3v) is 12.6. The summed E-state index contributed by atoms with van der Waals surface area (Å²) in [4.78, 5) is 32.7. The van der Waals surface area contributed by atoms with Crippen molar-refractivity contribution in [3.8, 4) is 11.5 Å². The largest absolute Gasteiger partial charge is 0.489 e. The Morgan fingerprint density at radius 2 is 1.77 bits per heavy atom. The number of rotatable bonds is 16. The summed E-state index contributed by atoms with van der Waals surface area (Å²) >= 11 is 13.9. The lowest BCUT2D eigenvalue weighted by Crippen LogP contribution is -2.40. The summed E-state index contributed by atoms with van der Waals surface area (Å²) in [6, 6.07) is 9.65. The maximum atomic E-state index is 14.0. The van der Waals surface area contributed by atoms with Crippen LogP contribution in [0.3, 0.4) is 0 Å². The summed E-state index contributed by atoms with van der Waals surface area (Å²) in [5.41, 5.74) is 0.780. The quantitative estimate of drug-likeness (QED) is 0.161. The van der Waals surface area contributed by atoms with Crippen LogP contribution in [0.2, 0.25) is 10.0 Å². The van der Waals surface area contributed by atoms with E-state index in [1.54, 1.807) is 0 Å². The molecule has 0 radical (unpaired) electrons. The van der Waals surface area contributed by atoms with Crippen molar-refractivity contribution in [2.24, 2.45) is 5.92 Å². The lowest BCUT2D eigenvalue weighted by Gasteiger charge is -2.26. The van der Waals surface area contributed by atoms with Crippen molar-refractivity contribution < 1.29 is 50.5 Å². The second-order valence-corrected chi connectivity index (χ2v) is 16.4. The van der Waals surface area contributed by atoms with Crippen LogP contribution in [0.5, 0.6) is 11.5 Å². The van der Waals surface area contributed by atoms with Gasteiger partial charge >= 0.3 is 18.6 Å². The van der Waals surface area contributed by atoms with Crippen LogP contribution in [-0.4, -0.2) is 105 Å². The number of esters is 2. The van der Waals surface area contributed by atoms with Crippen LogP contribution in [-0.2, 0) is 35.4 Å². The van der Waals surface area contributed by atoms with Crippen molar-refractivity contribution in [3.05, 3.63) is 81.6 Å². The fourth-order valence-electron chi connectivity index (χ4n) is 5.75. The van der Waals surface area contributed by atoms with Gasteiger partial charge in [-0.3, -0.25) is 9.88 Å². The summed E-state index contributed by atoms with van der Waals surface area (Å²) in [6.07, 6.45) is 3.47. The summed E-state index contributed by atoms with van der Waals surface area (Å²) in [5.74, 6) is -1.14. The number of thioether (sulfide) groups is 1. The Labute approximate surface area is 320 Å². The molecule has 0 bridgehead atoms. The van der Waals surface area contributed by atoms with Crippen molar-refractivity contribution >= 4 is 56.9 Å². The van der Waals surface area contributed by atoms with E-state index in [0.29, 0.717) is 36.8 Å². The lowest BCUT2D eigenvalue weighted by molar-refractivity contribution is -0.150. The number of hydrogen-bond acceptors (Lipinski definition) is 12. The van der Waals surface area contributed by atoms with Gasteiger partial charge in [0.1, 0.15) is 12.7 Å². The first-order chi connectivity index (χ1) is 25.5. The number of morpholine rings is 1. The lowest BCUT2D eigenvalue weighted by atomic mass is 10.0. The number of alkyl halides is 2. The molecule has 1 aromatic heterocycles. The Hall–Kier alpha value is -3.25. The maximum Gasteiger partial charge on any atom is 0.387 e. The SMILES string of the molecule is O=C(OCCN1CCOCC1)c1cccc(S(=O)(=O)N2CCS[C@H]2C(=O)O[C@@H](Cc2c(Cl)cncc2Cl)c2ccc(OC(F)F)c(OCC3CC3)c2)c1. The van der Waals surface area contributed by atoms with Crippen LogP contribution in [0.1, 0.15) is 40.4 Å². The van der Waals surface area contributed by atoms with Crippen LogP contribution in [0.15, 0.2) is 59.8 Å². The van der Waals surface area contributed by atoms with Gasteiger partial charge < -0.3 is 23.7 Å². The number of nitrogens with zero attached hydrogens (tertiary/aromatic N) is 3. The molecular weight excluding hydrogens is 779 g/mol. The first-order valence-electron chi connectivity index (χ1n) is 16.9. The Morgan fingerprint density at radius 3 is 2.49 bits per heavy atom. The van der Waals surface area contributed by atoms with Gasteiger partial charge in [-0.2, -0.15) is 13.1 Å². The molecule has 6 rings (SSSR count). The summed E-state index contributed by atoms with van der Waals surface area (Å²) in [5, 5.41) is -0.900. The van der Waals surface area contributed by atoms with E-state index >= 15 is 0 Å². The number of aromatic nitrogens is 1. The third kappa shape index (κ3) is 10.3. The number of carbonyl (C=O) groups is 2. The number of benzene rings is 2. The zero-order chi connectivity index (χ0) is 37.5. The van der Waals surface area contributed by atoms with E-state index in [-0.39, 0.29) is 63.9 Å².